The Labute approximate surface area is 108 Å². The summed E-state index contributed by atoms with van der Waals surface area (Å²) in [6, 6.07) is 2.02. The zero-order valence-electron chi connectivity index (χ0n) is 11.2. The summed E-state index contributed by atoms with van der Waals surface area (Å²) in [5, 5.41) is 4.14. The summed E-state index contributed by atoms with van der Waals surface area (Å²) >= 11 is 1.58. The van der Waals surface area contributed by atoms with Crippen LogP contribution in [0.4, 0.5) is 11.6 Å². The largest absolute Gasteiger partial charge is 0.370 e. The van der Waals surface area contributed by atoms with E-state index < -0.39 is 0 Å². The quantitative estimate of drug-likeness (QED) is 0.598. The van der Waals surface area contributed by atoms with Gasteiger partial charge in [-0.05, 0) is 19.1 Å². The van der Waals surface area contributed by atoms with Crippen LogP contribution in [0.1, 0.15) is 26.7 Å². The topological polar surface area (TPSA) is 41.0 Å². The van der Waals surface area contributed by atoms with Crippen molar-refractivity contribution in [2.24, 2.45) is 0 Å². The molecule has 0 spiro atoms. The summed E-state index contributed by atoms with van der Waals surface area (Å²) in [4.78, 5) is 11.1. The normalized spacial score (nSPS) is 10.4. The van der Waals surface area contributed by atoms with Gasteiger partial charge in [0.2, 0.25) is 0 Å². The van der Waals surface area contributed by atoms with E-state index in [1.807, 2.05) is 12.3 Å². The molecule has 0 aliphatic heterocycles. The average Bonchev–Trinajstić information content (AvgIpc) is 2.36. The number of thioether (sulfide) groups is 1. The van der Waals surface area contributed by atoms with Gasteiger partial charge in [0.25, 0.3) is 0 Å². The Hall–Kier alpha value is -0.970. The fourth-order valence-corrected chi connectivity index (χ4v) is 1.87. The fourth-order valence-electron chi connectivity index (χ4n) is 1.49. The van der Waals surface area contributed by atoms with Crippen molar-refractivity contribution in [2.45, 2.75) is 31.8 Å². The molecule has 0 amide bonds. The maximum atomic E-state index is 4.52. The standard InChI is InChI=1S/C12H22N4S/c1-5-7-13-10-9-11(16(3)8-6-2)15-12(14-10)17-4/h9H,5-8H2,1-4H3,(H,13,14,15). The van der Waals surface area contributed by atoms with Crippen molar-refractivity contribution in [1.82, 2.24) is 9.97 Å². The van der Waals surface area contributed by atoms with Gasteiger partial charge < -0.3 is 10.2 Å². The van der Waals surface area contributed by atoms with E-state index in [9.17, 15) is 0 Å². The van der Waals surface area contributed by atoms with Gasteiger partial charge in [-0.15, -0.1) is 0 Å². The third-order valence-electron chi connectivity index (χ3n) is 2.38. The van der Waals surface area contributed by atoms with Crippen molar-refractivity contribution >= 4 is 23.4 Å². The van der Waals surface area contributed by atoms with Gasteiger partial charge in [-0.1, -0.05) is 25.6 Å². The van der Waals surface area contributed by atoms with E-state index in [0.29, 0.717) is 0 Å². The molecule has 4 nitrogen and oxygen atoms in total. The van der Waals surface area contributed by atoms with E-state index in [0.717, 1.165) is 42.7 Å². The second-order valence-corrected chi connectivity index (χ2v) is 4.72. The molecule has 0 unspecified atom stereocenters. The van der Waals surface area contributed by atoms with Crippen LogP contribution < -0.4 is 10.2 Å². The highest BCUT2D eigenvalue weighted by molar-refractivity contribution is 7.98. The van der Waals surface area contributed by atoms with Gasteiger partial charge in [0.15, 0.2) is 5.16 Å². The molecule has 17 heavy (non-hydrogen) atoms. The minimum atomic E-state index is 0.823. The van der Waals surface area contributed by atoms with Crippen LogP contribution in [-0.2, 0) is 0 Å². The zero-order valence-corrected chi connectivity index (χ0v) is 12.0. The average molecular weight is 254 g/mol. The second-order valence-electron chi connectivity index (χ2n) is 3.95. The Balaban J connectivity index is 2.88. The summed E-state index contributed by atoms with van der Waals surface area (Å²) in [6.07, 6.45) is 4.22. The van der Waals surface area contributed by atoms with Crippen LogP contribution in [-0.4, -0.2) is 36.4 Å². The fraction of sp³-hybridized carbons (Fsp3) is 0.667. The number of hydrogen-bond acceptors (Lipinski definition) is 5. The second kappa shape index (κ2) is 7.37. The lowest BCUT2D eigenvalue weighted by atomic mass is 10.4. The molecule has 0 bridgehead atoms. The van der Waals surface area contributed by atoms with Crippen molar-refractivity contribution in [3.8, 4) is 0 Å². The first-order valence-corrected chi connectivity index (χ1v) is 7.31. The van der Waals surface area contributed by atoms with Crippen molar-refractivity contribution in [2.75, 3.05) is 36.6 Å². The van der Waals surface area contributed by atoms with Gasteiger partial charge in [-0.3, -0.25) is 0 Å². The molecule has 1 rings (SSSR count). The van der Waals surface area contributed by atoms with E-state index in [4.69, 9.17) is 0 Å². The lowest BCUT2D eigenvalue weighted by molar-refractivity contribution is 0.816. The Morgan fingerprint density at radius 3 is 2.65 bits per heavy atom. The first-order chi connectivity index (χ1) is 8.21. The van der Waals surface area contributed by atoms with Crippen molar-refractivity contribution in [1.29, 1.82) is 0 Å². The molecule has 0 saturated heterocycles. The Morgan fingerprint density at radius 2 is 2.06 bits per heavy atom. The van der Waals surface area contributed by atoms with Crippen LogP contribution >= 0.6 is 11.8 Å². The van der Waals surface area contributed by atoms with E-state index in [1.54, 1.807) is 11.8 Å². The summed E-state index contributed by atoms with van der Waals surface area (Å²) < 4.78 is 0. The molecule has 1 aromatic rings. The number of rotatable bonds is 7. The maximum absolute atomic E-state index is 4.52. The Kier molecular flexibility index (Phi) is 6.11. The first-order valence-electron chi connectivity index (χ1n) is 6.09. The molecule has 0 radical (unpaired) electrons. The van der Waals surface area contributed by atoms with Gasteiger partial charge in [0, 0.05) is 26.2 Å². The molecule has 5 heteroatoms. The molecule has 0 aromatic carbocycles. The Bertz CT molecular complexity index is 343. The highest BCUT2D eigenvalue weighted by Gasteiger charge is 2.07. The highest BCUT2D eigenvalue weighted by atomic mass is 32.2. The third-order valence-corrected chi connectivity index (χ3v) is 2.93. The molecule has 0 atom stereocenters. The summed E-state index contributed by atoms with van der Waals surface area (Å²) in [7, 11) is 2.07. The number of aromatic nitrogens is 2. The van der Waals surface area contributed by atoms with Crippen LogP contribution in [0, 0.1) is 0 Å². The van der Waals surface area contributed by atoms with E-state index in [1.165, 1.54) is 0 Å². The van der Waals surface area contributed by atoms with E-state index >= 15 is 0 Å². The summed E-state index contributed by atoms with van der Waals surface area (Å²) in [6.45, 7) is 6.27. The van der Waals surface area contributed by atoms with E-state index in [-0.39, 0.29) is 0 Å². The van der Waals surface area contributed by atoms with Crippen molar-refractivity contribution in [3.05, 3.63) is 6.07 Å². The third kappa shape index (κ3) is 4.42. The van der Waals surface area contributed by atoms with Crippen molar-refractivity contribution < 1.29 is 0 Å². The molecular weight excluding hydrogens is 232 g/mol. The predicted octanol–water partition coefficient (Wildman–Crippen LogP) is 2.87. The first kappa shape index (κ1) is 14.1. The minimum absolute atomic E-state index is 0.823. The van der Waals surface area contributed by atoms with Crippen LogP contribution in [0.2, 0.25) is 0 Å². The van der Waals surface area contributed by atoms with Gasteiger partial charge in [-0.25, -0.2) is 9.97 Å². The molecule has 0 aliphatic rings. The molecule has 0 aliphatic carbocycles. The van der Waals surface area contributed by atoms with Crippen LogP contribution in [0.25, 0.3) is 0 Å². The molecule has 1 N–H and O–H groups in total. The Morgan fingerprint density at radius 1 is 1.29 bits per heavy atom. The molecule has 1 heterocycles. The van der Waals surface area contributed by atoms with Gasteiger partial charge in [0.1, 0.15) is 11.6 Å². The van der Waals surface area contributed by atoms with Crippen LogP contribution in [0.5, 0.6) is 0 Å². The molecule has 0 fully saturated rings. The monoisotopic (exact) mass is 254 g/mol. The molecular formula is C12H22N4S. The SMILES string of the molecule is CCCNc1cc(N(C)CCC)nc(SC)n1. The number of hydrogen-bond donors (Lipinski definition) is 1. The smallest absolute Gasteiger partial charge is 0.191 e. The molecule has 0 saturated carbocycles. The molecule has 1 aromatic heterocycles. The van der Waals surface area contributed by atoms with E-state index in [2.05, 4.69) is 41.1 Å². The van der Waals surface area contributed by atoms with Gasteiger partial charge in [0.05, 0.1) is 0 Å². The number of nitrogens with one attached hydrogen (secondary N) is 1. The lowest BCUT2D eigenvalue weighted by Crippen LogP contribution is -2.20. The highest BCUT2D eigenvalue weighted by Crippen LogP contribution is 2.19. The van der Waals surface area contributed by atoms with Crippen molar-refractivity contribution in [3.63, 3.8) is 0 Å². The lowest BCUT2D eigenvalue weighted by Gasteiger charge is -2.18. The van der Waals surface area contributed by atoms with Crippen LogP contribution in [0.3, 0.4) is 0 Å². The minimum Gasteiger partial charge on any atom is -0.370 e. The number of nitrogens with zero attached hydrogens (tertiary/aromatic N) is 3. The predicted molar refractivity (Wildman–Crippen MR) is 76.2 cm³/mol. The summed E-state index contributed by atoms with van der Waals surface area (Å²) in [5.41, 5.74) is 0. The molecule has 96 valence electrons. The zero-order chi connectivity index (χ0) is 12.7. The van der Waals surface area contributed by atoms with Crippen LogP contribution in [0.15, 0.2) is 11.2 Å². The van der Waals surface area contributed by atoms with Gasteiger partial charge >= 0.3 is 0 Å². The van der Waals surface area contributed by atoms with Gasteiger partial charge in [-0.2, -0.15) is 0 Å². The maximum Gasteiger partial charge on any atom is 0.191 e. The summed E-state index contributed by atoms with van der Waals surface area (Å²) in [5.74, 6) is 1.91. The number of anilines is 2.